The Bertz CT molecular complexity index is 292. The molecule has 124 valence electrons. The zero-order valence-corrected chi connectivity index (χ0v) is 13.8. The van der Waals surface area contributed by atoms with Crippen LogP contribution in [0.4, 0.5) is 0 Å². The zero-order chi connectivity index (χ0) is 15.6. The Balaban J connectivity index is 2.21. The van der Waals surface area contributed by atoms with Gasteiger partial charge in [0.2, 0.25) is 0 Å². The van der Waals surface area contributed by atoms with E-state index in [1.54, 1.807) is 0 Å². The van der Waals surface area contributed by atoms with Gasteiger partial charge in [-0.15, -0.1) is 0 Å². The molecule has 0 amide bonds. The van der Waals surface area contributed by atoms with Gasteiger partial charge in [-0.3, -0.25) is 4.79 Å². The van der Waals surface area contributed by atoms with Gasteiger partial charge in [0, 0.05) is 26.4 Å². The van der Waals surface area contributed by atoms with E-state index in [9.17, 15) is 4.79 Å². The molecule has 1 aliphatic heterocycles. The van der Waals surface area contributed by atoms with Crippen molar-refractivity contribution in [2.45, 2.75) is 51.5 Å². The first-order valence-corrected chi connectivity index (χ1v) is 8.11. The summed E-state index contributed by atoms with van der Waals surface area (Å²) >= 11 is 0. The third kappa shape index (κ3) is 6.76. The largest absolute Gasteiger partial charge is 0.468 e. The van der Waals surface area contributed by atoms with E-state index in [1.807, 2.05) is 6.92 Å². The summed E-state index contributed by atoms with van der Waals surface area (Å²) in [5.41, 5.74) is -0.604. The van der Waals surface area contributed by atoms with Gasteiger partial charge in [0.05, 0.1) is 7.11 Å². The minimum Gasteiger partial charge on any atom is -0.468 e. The average molecular weight is 301 g/mol. The van der Waals surface area contributed by atoms with Crippen LogP contribution in [-0.2, 0) is 19.0 Å². The highest BCUT2D eigenvalue weighted by Crippen LogP contribution is 2.17. The second-order valence-corrected chi connectivity index (χ2v) is 5.98. The number of carbonyl (C=O) groups is 1. The predicted molar refractivity (Wildman–Crippen MR) is 82.3 cm³/mol. The Morgan fingerprint density at radius 1 is 1.38 bits per heavy atom. The van der Waals surface area contributed by atoms with Gasteiger partial charge < -0.3 is 19.5 Å². The summed E-state index contributed by atoms with van der Waals surface area (Å²) in [6.07, 6.45) is 4.77. The first-order valence-electron chi connectivity index (χ1n) is 8.11. The minimum absolute atomic E-state index is 0.194. The molecule has 1 saturated heterocycles. The van der Waals surface area contributed by atoms with E-state index in [0.29, 0.717) is 12.5 Å². The third-order valence-electron chi connectivity index (χ3n) is 4.06. The molecule has 0 radical (unpaired) electrons. The Hall–Kier alpha value is -0.650. The minimum atomic E-state index is -0.604. The Morgan fingerprint density at radius 2 is 2.10 bits per heavy atom. The number of rotatable bonds is 10. The fourth-order valence-electron chi connectivity index (χ4n) is 2.58. The molecular weight excluding hydrogens is 270 g/mol. The molecule has 0 aromatic heterocycles. The molecule has 0 aromatic carbocycles. The molecule has 0 saturated carbocycles. The Labute approximate surface area is 128 Å². The van der Waals surface area contributed by atoms with Crippen molar-refractivity contribution in [3.05, 3.63) is 0 Å². The van der Waals surface area contributed by atoms with Crippen LogP contribution in [0.3, 0.4) is 0 Å². The van der Waals surface area contributed by atoms with Crippen LogP contribution in [0.25, 0.3) is 0 Å². The van der Waals surface area contributed by atoms with Crippen LogP contribution in [0.1, 0.15) is 46.0 Å². The average Bonchev–Trinajstić information content (AvgIpc) is 2.52. The van der Waals surface area contributed by atoms with Crippen molar-refractivity contribution in [2.75, 3.05) is 40.1 Å². The number of nitrogens with one attached hydrogen (secondary N) is 1. The van der Waals surface area contributed by atoms with E-state index < -0.39 is 5.54 Å². The highest BCUT2D eigenvalue weighted by molar-refractivity contribution is 5.80. The molecule has 1 aliphatic rings. The Kier molecular flexibility index (Phi) is 8.88. The first-order chi connectivity index (χ1) is 10.1. The van der Waals surface area contributed by atoms with Crippen LogP contribution in [0.2, 0.25) is 0 Å². The van der Waals surface area contributed by atoms with Crippen LogP contribution in [0.5, 0.6) is 0 Å². The van der Waals surface area contributed by atoms with Crippen molar-refractivity contribution >= 4 is 5.97 Å². The highest BCUT2D eigenvalue weighted by atomic mass is 16.5. The molecule has 1 atom stereocenters. The number of ether oxygens (including phenoxy) is 3. The summed E-state index contributed by atoms with van der Waals surface area (Å²) in [6, 6.07) is 0. The fraction of sp³-hybridized carbons (Fsp3) is 0.938. The second kappa shape index (κ2) is 10.1. The topological polar surface area (TPSA) is 56.8 Å². The summed E-state index contributed by atoms with van der Waals surface area (Å²) in [6.45, 7) is 8.02. The summed E-state index contributed by atoms with van der Waals surface area (Å²) in [5, 5.41) is 3.29. The van der Waals surface area contributed by atoms with Crippen molar-refractivity contribution in [1.29, 1.82) is 0 Å². The van der Waals surface area contributed by atoms with Crippen molar-refractivity contribution in [3.63, 3.8) is 0 Å². The van der Waals surface area contributed by atoms with Crippen LogP contribution in [0.15, 0.2) is 0 Å². The van der Waals surface area contributed by atoms with Gasteiger partial charge in [-0.2, -0.15) is 0 Å². The smallest absolute Gasteiger partial charge is 0.325 e. The highest BCUT2D eigenvalue weighted by Gasteiger charge is 2.32. The van der Waals surface area contributed by atoms with Crippen LogP contribution in [0, 0.1) is 5.92 Å². The number of hydrogen-bond donors (Lipinski definition) is 1. The lowest BCUT2D eigenvalue weighted by molar-refractivity contribution is -0.148. The SMILES string of the molecule is CCCNC(C)(CCCOCC1CCOCC1)C(=O)OC. The predicted octanol–water partition coefficient (Wildman–Crippen LogP) is 2.14. The van der Waals surface area contributed by atoms with Crippen molar-refractivity contribution in [3.8, 4) is 0 Å². The van der Waals surface area contributed by atoms with Gasteiger partial charge in [-0.25, -0.2) is 0 Å². The standard InChI is InChI=1S/C16H31NO4/c1-4-9-17-16(2,15(18)19-3)8-5-10-21-13-14-6-11-20-12-7-14/h14,17H,4-13H2,1-3H3. The van der Waals surface area contributed by atoms with Crippen molar-refractivity contribution in [1.82, 2.24) is 5.32 Å². The molecule has 0 spiro atoms. The van der Waals surface area contributed by atoms with Crippen LogP contribution < -0.4 is 5.32 Å². The normalized spacial score (nSPS) is 19.2. The van der Waals surface area contributed by atoms with E-state index in [4.69, 9.17) is 14.2 Å². The molecule has 5 nitrogen and oxygen atoms in total. The lowest BCUT2D eigenvalue weighted by atomic mass is 9.95. The van der Waals surface area contributed by atoms with Crippen molar-refractivity contribution in [2.24, 2.45) is 5.92 Å². The maximum absolute atomic E-state index is 11.9. The van der Waals surface area contributed by atoms with Gasteiger partial charge in [0.1, 0.15) is 5.54 Å². The van der Waals surface area contributed by atoms with Gasteiger partial charge in [0.15, 0.2) is 0 Å². The molecule has 5 heteroatoms. The number of methoxy groups -OCH3 is 1. The summed E-state index contributed by atoms with van der Waals surface area (Å²) in [5.74, 6) is 0.435. The zero-order valence-electron chi connectivity index (χ0n) is 13.8. The lowest BCUT2D eigenvalue weighted by Gasteiger charge is -2.28. The summed E-state index contributed by atoms with van der Waals surface area (Å²) in [7, 11) is 1.44. The molecule has 21 heavy (non-hydrogen) atoms. The number of hydrogen-bond acceptors (Lipinski definition) is 5. The van der Waals surface area contributed by atoms with E-state index in [2.05, 4.69) is 12.2 Å². The summed E-state index contributed by atoms with van der Waals surface area (Å²) in [4.78, 5) is 11.9. The molecule has 1 N–H and O–H groups in total. The molecule has 0 aromatic rings. The van der Waals surface area contributed by atoms with Crippen LogP contribution in [-0.4, -0.2) is 51.6 Å². The maximum Gasteiger partial charge on any atom is 0.325 e. The maximum atomic E-state index is 11.9. The molecule has 1 heterocycles. The fourth-order valence-corrected chi connectivity index (χ4v) is 2.58. The molecular formula is C16H31NO4. The van der Waals surface area contributed by atoms with Crippen LogP contribution >= 0.6 is 0 Å². The molecule has 1 fully saturated rings. The Morgan fingerprint density at radius 3 is 2.71 bits per heavy atom. The number of esters is 1. The quantitative estimate of drug-likeness (QED) is 0.495. The van der Waals surface area contributed by atoms with E-state index >= 15 is 0 Å². The molecule has 0 bridgehead atoms. The van der Waals surface area contributed by atoms with Crippen molar-refractivity contribution < 1.29 is 19.0 Å². The van der Waals surface area contributed by atoms with E-state index in [1.165, 1.54) is 7.11 Å². The van der Waals surface area contributed by atoms with Gasteiger partial charge in [-0.1, -0.05) is 6.92 Å². The van der Waals surface area contributed by atoms with E-state index in [-0.39, 0.29) is 5.97 Å². The molecule has 1 unspecified atom stereocenters. The number of carbonyl (C=O) groups excluding carboxylic acids is 1. The second-order valence-electron chi connectivity index (χ2n) is 5.98. The first kappa shape index (κ1) is 18.4. The third-order valence-corrected chi connectivity index (χ3v) is 4.06. The van der Waals surface area contributed by atoms with Gasteiger partial charge >= 0.3 is 5.97 Å². The molecule has 0 aliphatic carbocycles. The van der Waals surface area contributed by atoms with Gasteiger partial charge in [-0.05, 0) is 51.5 Å². The molecule has 1 rings (SSSR count). The lowest BCUT2D eigenvalue weighted by Crippen LogP contribution is -2.50. The van der Waals surface area contributed by atoms with Gasteiger partial charge in [0.25, 0.3) is 0 Å². The van der Waals surface area contributed by atoms with E-state index in [0.717, 1.165) is 58.5 Å². The summed E-state index contributed by atoms with van der Waals surface area (Å²) < 4.78 is 16.0. The monoisotopic (exact) mass is 301 g/mol.